The average Bonchev–Trinajstić information content (AvgIpc) is 3.06. The SMILES string of the molecule is N#CC1(C(=O)N2CCn3ccnc3C2)CCCC1. The van der Waals surface area contributed by atoms with Gasteiger partial charge in [0.05, 0.1) is 12.6 Å². The van der Waals surface area contributed by atoms with Crippen LogP contribution in [0.25, 0.3) is 0 Å². The molecular weight excluding hydrogens is 228 g/mol. The predicted molar refractivity (Wildman–Crippen MR) is 64.2 cm³/mol. The Hall–Kier alpha value is -1.83. The smallest absolute Gasteiger partial charge is 0.243 e. The number of aromatic nitrogens is 2. The summed E-state index contributed by atoms with van der Waals surface area (Å²) >= 11 is 0. The Morgan fingerprint density at radius 3 is 2.89 bits per heavy atom. The van der Waals surface area contributed by atoms with Crippen molar-refractivity contribution in [1.82, 2.24) is 14.5 Å². The maximum atomic E-state index is 12.6. The van der Waals surface area contributed by atoms with Crippen molar-refractivity contribution in [2.24, 2.45) is 5.41 Å². The van der Waals surface area contributed by atoms with Crippen LogP contribution in [0, 0.1) is 16.7 Å². The highest BCUT2D eigenvalue weighted by molar-refractivity contribution is 5.85. The Kier molecular flexibility index (Phi) is 2.58. The monoisotopic (exact) mass is 244 g/mol. The molecule has 5 nitrogen and oxygen atoms in total. The molecule has 1 aromatic rings. The molecule has 0 spiro atoms. The summed E-state index contributed by atoms with van der Waals surface area (Å²) in [7, 11) is 0. The third-order valence-corrected chi connectivity index (χ3v) is 4.11. The van der Waals surface area contributed by atoms with E-state index in [9.17, 15) is 10.1 Å². The number of rotatable bonds is 1. The van der Waals surface area contributed by atoms with E-state index >= 15 is 0 Å². The zero-order valence-corrected chi connectivity index (χ0v) is 10.3. The first-order chi connectivity index (χ1) is 8.75. The highest BCUT2D eigenvalue weighted by atomic mass is 16.2. The lowest BCUT2D eigenvalue weighted by molar-refractivity contribution is -0.140. The van der Waals surface area contributed by atoms with Gasteiger partial charge in [-0.1, -0.05) is 12.8 Å². The zero-order chi connectivity index (χ0) is 12.6. The van der Waals surface area contributed by atoms with Gasteiger partial charge >= 0.3 is 0 Å². The number of hydrogen-bond acceptors (Lipinski definition) is 3. The molecule has 1 fully saturated rings. The zero-order valence-electron chi connectivity index (χ0n) is 10.3. The molecule has 1 aromatic heterocycles. The number of imidazole rings is 1. The van der Waals surface area contributed by atoms with Gasteiger partial charge in [-0.05, 0) is 12.8 Å². The number of fused-ring (bicyclic) bond motifs is 1. The minimum absolute atomic E-state index is 0.0109. The van der Waals surface area contributed by atoms with Crippen molar-refractivity contribution in [3.8, 4) is 6.07 Å². The molecule has 0 atom stereocenters. The van der Waals surface area contributed by atoms with E-state index in [0.29, 0.717) is 25.9 Å². The van der Waals surface area contributed by atoms with Crippen LogP contribution in [-0.4, -0.2) is 26.9 Å². The summed E-state index contributed by atoms with van der Waals surface area (Å²) in [6.45, 7) is 2.00. The standard InChI is InChI=1S/C13H16N4O/c14-10-13(3-1-2-4-13)12(18)17-8-7-16-6-5-15-11(16)9-17/h5-6H,1-4,7-9H2. The molecule has 0 saturated heterocycles. The maximum Gasteiger partial charge on any atom is 0.243 e. The molecule has 0 N–H and O–H groups in total. The van der Waals surface area contributed by atoms with Crippen LogP contribution in [0.2, 0.25) is 0 Å². The van der Waals surface area contributed by atoms with Crippen LogP contribution in [0.1, 0.15) is 31.5 Å². The summed E-state index contributed by atoms with van der Waals surface area (Å²) < 4.78 is 2.07. The number of nitrogens with zero attached hydrogens (tertiary/aromatic N) is 4. The summed E-state index contributed by atoms with van der Waals surface area (Å²) in [4.78, 5) is 18.6. The summed E-state index contributed by atoms with van der Waals surface area (Å²) in [5.41, 5.74) is -0.755. The molecular formula is C13H16N4O. The van der Waals surface area contributed by atoms with E-state index in [4.69, 9.17) is 0 Å². The number of amides is 1. The van der Waals surface area contributed by atoms with Gasteiger partial charge in [-0.2, -0.15) is 5.26 Å². The van der Waals surface area contributed by atoms with E-state index < -0.39 is 5.41 Å². The molecule has 0 unspecified atom stereocenters. The van der Waals surface area contributed by atoms with Gasteiger partial charge in [-0.25, -0.2) is 4.98 Å². The maximum absolute atomic E-state index is 12.6. The highest BCUT2D eigenvalue weighted by Gasteiger charge is 2.44. The van der Waals surface area contributed by atoms with Crippen molar-refractivity contribution in [3.05, 3.63) is 18.2 Å². The molecule has 18 heavy (non-hydrogen) atoms. The van der Waals surface area contributed by atoms with Crippen LogP contribution in [0.3, 0.4) is 0 Å². The minimum Gasteiger partial charge on any atom is -0.332 e. The van der Waals surface area contributed by atoms with Gasteiger partial charge in [0, 0.05) is 25.5 Å². The normalized spacial score (nSPS) is 21.4. The summed E-state index contributed by atoms with van der Waals surface area (Å²) in [5, 5.41) is 9.35. The van der Waals surface area contributed by atoms with Crippen LogP contribution in [0.15, 0.2) is 12.4 Å². The summed E-state index contributed by atoms with van der Waals surface area (Å²) in [5.74, 6) is 0.928. The first-order valence-corrected chi connectivity index (χ1v) is 6.46. The quantitative estimate of drug-likeness (QED) is 0.748. The van der Waals surface area contributed by atoms with Crippen LogP contribution in [0.5, 0.6) is 0 Å². The van der Waals surface area contributed by atoms with Gasteiger partial charge in [0.25, 0.3) is 0 Å². The molecule has 2 heterocycles. The van der Waals surface area contributed by atoms with Crippen molar-refractivity contribution in [2.75, 3.05) is 6.54 Å². The number of nitriles is 1. The Morgan fingerprint density at radius 2 is 2.17 bits per heavy atom. The van der Waals surface area contributed by atoms with E-state index in [0.717, 1.165) is 25.2 Å². The molecule has 5 heteroatoms. The number of carbonyl (C=O) groups is 1. The highest BCUT2D eigenvalue weighted by Crippen LogP contribution is 2.39. The third kappa shape index (κ3) is 1.60. The molecule has 2 aliphatic rings. The van der Waals surface area contributed by atoms with Crippen molar-refractivity contribution >= 4 is 5.91 Å². The lowest BCUT2D eigenvalue weighted by atomic mass is 9.86. The molecule has 1 aliphatic heterocycles. The second kappa shape index (κ2) is 4.13. The predicted octanol–water partition coefficient (Wildman–Crippen LogP) is 1.31. The van der Waals surface area contributed by atoms with Crippen LogP contribution < -0.4 is 0 Å². The lowest BCUT2D eigenvalue weighted by Crippen LogP contribution is -2.45. The Morgan fingerprint density at radius 1 is 1.39 bits per heavy atom. The van der Waals surface area contributed by atoms with E-state index in [1.807, 2.05) is 6.20 Å². The molecule has 1 amide bonds. The molecule has 1 aliphatic carbocycles. The first kappa shape index (κ1) is 11.3. The number of hydrogen-bond donors (Lipinski definition) is 0. The molecule has 0 aromatic carbocycles. The summed E-state index contributed by atoms with van der Waals surface area (Å²) in [6.07, 6.45) is 7.11. The summed E-state index contributed by atoms with van der Waals surface area (Å²) in [6, 6.07) is 2.27. The van der Waals surface area contributed by atoms with E-state index in [-0.39, 0.29) is 5.91 Å². The van der Waals surface area contributed by atoms with Crippen LogP contribution >= 0.6 is 0 Å². The Bertz CT molecular complexity index is 507. The van der Waals surface area contributed by atoms with Crippen LogP contribution in [0.4, 0.5) is 0 Å². The van der Waals surface area contributed by atoms with E-state index in [1.54, 1.807) is 11.1 Å². The molecule has 0 bridgehead atoms. The number of carbonyl (C=O) groups excluding carboxylic acids is 1. The fourth-order valence-electron chi connectivity index (χ4n) is 3.00. The molecule has 3 rings (SSSR count). The Balaban J connectivity index is 1.81. The fraction of sp³-hybridized carbons (Fsp3) is 0.615. The Labute approximate surface area is 106 Å². The second-order valence-corrected chi connectivity index (χ2v) is 5.16. The molecule has 1 saturated carbocycles. The van der Waals surface area contributed by atoms with E-state index in [2.05, 4.69) is 15.6 Å². The fourth-order valence-corrected chi connectivity index (χ4v) is 3.00. The van der Waals surface area contributed by atoms with Gasteiger partial charge in [0.15, 0.2) is 0 Å². The molecule has 0 radical (unpaired) electrons. The van der Waals surface area contributed by atoms with Gasteiger partial charge in [-0.3, -0.25) is 4.79 Å². The first-order valence-electron chi connectivity index (χ1n) is 6.46. The van der Waals surface area contributed by atoms with Gasteiger partial charge < -0.3 is 9.47 Å². The van der Waals surface area contributed by atoms with Gasteiger partial charge in [0.2, 0.25) is 5.91 Å². The minimum atomic E-state index is -0.755. The second-order valence-electron chi connectivity index (χ2n) is 5.16. The van der Waals surface area contributed by atoms with Crippen LogP contribution in [-0.2, 0) is 17.9 Å². The van der Waals surface area contributed by atoms with Crippen molar-refractivity contribution in [3.63, 3.8) is 0 Å². The van der Waals surface area contributed by atoms with Crippen molar-refractivity contribution < 1.29 is 4.79 Å². The van der Waals surface area contributed by atoms with Gasteiger partial charge in [0.1, 0.15) is 11.2 Å². The van der Waals surface area contributed by atoms with Crippen molar-refractivity contribution in [2.45, 2.75) is 38.8 Å². The van der Waals surface area contributed by atoms with Gasteiger partial charge in [-0.15, -0.1) is 0 Å². The van der Waals surface area contributed by atoms with E-state index in [1.165, 1.54) is 0 Å². The topological polar surface area (TPSA) is 61.9 Å². The van der Waals surface area contributed by atoms with Crippen molar-refractivity contribution in [1.29, 1.82) is 5.26 Å². The lowest BCUT2D eigenvalue weighted by Gasteiger charge is -2.32. The average molecular weight is 244 g/mol. The molecule has 94 valence electrons. The third-order valence-electron chi connectivity index (χ3n) is 4.11. The largest absolute Gasteiger partial charge is 0.332 e.